The van der Waals surface area contributed by atoms with Gasteiger partial charge in [0.2, 0.25) is 0 Å². The second kappa shape index (κ2) is 4.55. The number of aryl methyl sites for hydroxylation is 1. The third kappa shape index (κ3) is 1.66. The predicted octanol–water partition coefficient (Wildman–Crippen LogP) is 1.91. The van der Waals surface area contributed by atoms with Crippen molar-refractivity contribution in [2.45, 2.75) is 50.7 Å². The van der Waals surface area contributed by atoms with E-state index in [0.29, 0.717) is 31.2 Å². The molecule has 4 nitrogen and oxygen atoms in total. The molecule has 21 heavy (non-hydrogen) atoms. The van der Waals surface area contributed by atoms with E-state index >= 15 is 0 Å². The Kier molecular flexibility index (Phi) is 3.15. The molecule has 2 aliphatic rings. The van der Waals surface area contributed by atoms with E-state index in [1.807, 2.05) is 24.3 Å². The predicted molar refractivity (Wildman–Crippen MR) is 77.6 cm³/mol. The van der Waals surface area contributed by atoms with Gasteiger partial charge in [0, 0.05) is 0 Å². The van der Waals surface area contributed by atoms with Crippen molar-refractivity contribution in [1.29, 1.82) is 0 Å². The maximum atomic E-state index is 12.6. The Morgan fingerprint density at radius 2 is 1.95 bits per heavy atom. The molecular weight excluding hydrogens is 268 g/mol. The minimum atomic E-state index is -1.58. The van der Waals surface area contributed by atoms with E-state index in [-0.39, 0.29) is 12.6 Å². The molecule has 3 rings (SSSR count). The van der Waals surface area contributed by atoms with Crippen LogP contribution in [-0.2, 0) is 21.6 Å². The van der Waals surface area contributed by atoms with E-state index in [1.165, 1.54) is 0 Å². The highest BCUT2D eigenvalue weighted by Gasteiger charge is 2.71. The van der Waals surface area contributed by atoms with E-state index in [1.54, 1.807) is 13.8 Å². The lowest BCUT2D eigenvalue weighted by Crippen LogP contribution is -2.59. The molecule has 2 aliphatic carbocycles. The number of esters is 1. The largest absolute Gasteiger partial charge is 0.465 e. The van der Waals surface area contributed by atoms with Gasteiger partial charge in [0.25, 0.3) is 0 Å². The van der Waals surface area contributed by atoms with E-state index < -0.39 is 16.6 Å². The lowest BCUT2D eigenvalue weighted by atomic mass is 9.59. The van der Waals surface area contributed by atoms with Gasteiger partial charge in [0.1, 0.15) is 11.0 Å². The Bertz CT molecular complexity index is 580. The van der Waals surface area contributed by atoms with Crippen LogP contribution in [0.3, 0.4) is 0 Å². The minimum absolute atomic E-state index is 0.278. The van der Waals surface area contributed by atoms with Crippen LogP contribution in [0.2, 0.25) is 0 Å². The van der Waals surface area contributed by atoms with Crippen LogP contribution in [0, 0.1) is 5.41 Å². The number of carbonyl (C=O) groups is 1. The van der Waals surface area contributed by atoms with Gasteiger partial charge in [-0.05, 0) is 50.7 Å². The molecule has 0 unspecified atom stereocenters. The Morgan fingerprint density at radius 3 is 2.67 bits per heavy atom. The zero-order chi connectivity index (χ0) is 15.3. The Labute approximate surface area is 124 Å². The van der Waals surface area contributed by atoms with Gasteiger partial charge in [-0.3, -0.25) is 4.79 Å². The number of hydrogen-bond acceptors (Lipinski definition) is 4. The van der Waals surface area contributed by atoms with Crippen molar-refractivity contribution in [2.24, 2.45) is 5.41 Å². The summed E-state index contributed by atoms with van der Waals surface area (Å²) < 4.78 is 5.25. The summed E-state index contributed by atoms with van der Waals surface area (Å²) in [7, 11) is 0. The van der Waals surface area contributed by atoms with E-state index in [4.69, 9.17) is 4.74 Å². The first-order valence-corrected chi connectivity index (χ1v) is 7.59. The molecule has 114 valence electrons. The van der Waals surface area contributed by atoms with Gasteiger partial charge in [-0.1, -0.05) is 24.3 Å². The molecule has 1 aromatic rings. The van der Waals surface area contributed by atoms with Gasteiger partial charge in [-0.25, -0.2) is 0 Å². The Hall–Kier alpha value is -1.39. The minimum Gasteiger partial charge on any atom is -0.465 e. The molecule has 4 heteroatoms. The maximum Gasteiger partial charge on any atom is 0.315 e. The maximum absolute atomic E-state index is 12.6. The fourth-order valence-corrected chi connectivity index (χ4v) is 4.25. The summed E-state index contributed by atoms with van der Waals surface area (Å²) in [6.45, 7) is 3.66. The quantitative estimate of drug-likeness (QED) is 0.817. The zero-order valence-corrected chi connectivity index (χ0v) is 12.6. The molecule has 1 saturated carbocycles. The third-order valence-electron chi connectivity index (χ3n) is 5.41. The molecule has 0 saturated heterocycles. The van der Waals surface area contributed by atoms with Crippen LogP contribution < -0.4 is 0 Å². The zero-order valence-electron chi connectivity index (χ0n) is 12.6. The van der Waals surface area contributed by atoms with Gasteiger partial charge in [0.15, 0.2) is 0 Å². The summed E-state index contributed by atoms with van der Waals surface area (Å²) in [6, 6.07) is 7.54. The molecule has 1 aromatic carbocycles. The molecule has 0 bridgehead atoms. The first-order valence-electron chi connectivity index (χ1n) is 7.59. The van der Waals surface area contributed by atoms with Crippen molar-refractivity contribution in [3.05, 3.63) is 35.4 Å². The molecule has 0 aromatic heterocycles. The van der Waals surface area contributed by atoms with Crippen molar-refractivity contribution < 1.29 is 19.7 Å². The van der Waals surface area contributed by atoms with E-state index in [9.17, 15) is 15.0 Å². The number of aliphatic hydroxyl groups is 2. The fourth-order valence-electron chi connectivity index (χ4n) is 4.25. The van der Waals surface area contributed by atoms with Gasteiger partial charge in [-0.15, -0.1) is 0 Å². The number of ether oxygens (including phenoxy) is 1. The molecule has 0 amide bonds. The number of rotatable bonds is 2. The standard InChI is InChI=1S/C17H22O4/c1-3-21-14(18)16-9-8-12-6-4-5-7-13(12)17(16,20)15(2,19)10-11-16/h4-7,19-20H,3,8-11H2,1-2H3/t15-,16+,17+/m1/s1. The first-order chi connectivity index (χ1) is 9.89. The van der Waals surface area contributed by atoms with Crippen LogP contribution >= 0.6 is 0 Å². The molecule has 0 heterocycles. The topological polar surface area (TPSA) is 66.8 Å². The summed E-state index contributed by atoms with van der Waals surface area (Å²) in [5.41, 5.74) is -2.29. The lowest BCUT2D eigenvalue weighted by molar-refractivity contribution is -0.207. The average molecular weight is 290 g/mol. The highest BCUT2D eigenvalue weighted by Crippen LogP contribution is 2.63. The monoisotopic (exact) mass is 290 g/mol. The number of fused-ring (bicyclic) bond motifs is 3. The van der Waals surface area contributed by atoms with Gasteiger partial charge >= 0.3 is 5.97 Å². The van der Waals surface area contributed by atoms with Gasteiger partial charge in [0.05, 0.1) is 12.2 Å². The highest BCUT2D eigenvalue weighted by atomic mass is 16.5. The Balaban J connectivity index is 2.21. The summed E-state index contributed by atoms with van der Waals surface area (Å²) in [6.07, 6.45) is 2.06. The highest BCUT2D eigenvalue weighted by molar-refractivity contribution is 5.81. The number of carbonyl (C=O) groups excluding carboxylic acids is 1. The van der Waals surface area contributed by atoms with Crippen molar-refractivity contribution in [1.82, 2.24) is 0 Å². The fraction of sp³-hybridized carbons (Fsp3) is 0.588. The second-order valence-corrected chi connectivity index (χ2v) is 6.44. The summed E-state index contributed by atoms with van der Waals surface area (Å²) in [4.78, 5) is 12.6. The first kappa shape index (κ1) is 14.5. The van der Waals surface area contributed by atoms with Crippen molar-refractivity contribution in [2.75, 3.05) is 6.61 Å². The van der Waals surface area contributed by atoms with Crippen LogP contribution in [0.1, 0.15) is 44.2 Å². The Morgan fingerprint density at radius 1 is 1.24 bits per heavy atom. The molecule has 0 spiro atoms. The van der Waals surface area contributed by atoms with Gasteiger partial charge < -0.3 is 14.9 Å². The smallest absolute Gasteiger partial charge is 0.315 e. The molecule has 2 N–H and O–H groups in total. The third-order valence-corrected chi connectivity index (χ3v) is 5.41. The van der Waals surface area contributed by atoms with Crippen molar-refractivity contribution in [3.63, 3.8) is 0 Å². The summed E-state index contributed by atoms with van der Waals surface area (Å²) in [5.74, 6) is -0.389. The van der Waals surface area contributed by atoms with Gasteiger partial charge in [-0.2, -0.15) is 0 Å². The van der Waals surface area contributed by atoms with Crippen LogP contribution in [0.25, 0.3) is 0 Å². The summed E-state index contributed by atoms with van der Waals surface area (Å²) in [5, 5.41) is 22.3. The van der Waals surface area contributed by atoms with E-state index in [0.717, 1.165) is 5.56 Å². The lowest BCUT2D eigenvalue weighted by Gasteiger charge is -2.49. The van der Waals surface area contributed by atoms with Crippen LogP contribution in [0.15, 0.2) is 24.3 Å². The van der Waals surface area contributed by atoms with E-state index in [2.05, 4.69) is 0 Å². The summed E-state index contributed by atoms with van der Waals surface area (Å²) >= 11 is 0. The number of hydrogen-bond donors (Lipinski definition) is 2. The number of benzene rings is 1. The van der Waals surface area contributed by atoms with Crippen LogP contribution in [0.5, 0.6) is 0 Å². The molecule has 0 aliphatic heterocycles. The molecular formula is C17H22O4. The van der Waals surface area contributed by atoms with Crippen LogP contribution in [0.4, 0.5) is 0 Å². The second-order valence-electron chi connectivity index (χ2n) is 6.44. The van der Waals surface area contributed by atoms with Crippen molar-refractivity contribution in [3.8, 4) is 0 Å². The normalized spacial score (nSPS) is 37.7. The molecule has 1 fully saturated rings. The molecule has 0 radical (unpaired) electrons. The average Bonchev–Trinajstić information content (AvgIpc) is 2.69. The molecule has 3 atom stereocenters. The SMILES string of the molecule is CCOC(=O)[C@@]12CCc3ccccc3[C@]1(O)[C@](C)(O)CC2. The van der Waals surface area contributed by atoms with Crippen LogP contribution in [-0.4, -0.2) is 28.4 Å². The van der Waals surface area contributed by atoms with Crippen molar-refractivity contribution >= 4 is 5.97 Å².